The fourth-order valence-corrected chi connectivity index (χ4v) is 3.47. The molecule has 0 atom stereocenters. The van der Waals surface area contributed by atoms with Gasteiger partial charge in [0.05, 0.1) is 11.6 Å². The van der Waals surface area contributed by atoms with E-state index in [0.29, 0.717) is 11.1 Å². The van der Waals surface area contributed by atoms with Gasteiger partial charge in [0.1, 0.15) is 5.84 Å². The summed E-state index contributed by atoms with van der Waals surface area (Å²) in [7, 11) is 0. The second-order valence-electron chi connectivity index (χ2n) is 8.67. The van der Waals surface area contributed by atoms with E-state index in [0.717, 1.165) is 28.1 Å². The molecule has 0 saturated carbocycles. The van der Waals surface area contributed by atoms with Crippen molar-refractivity contribution >= 4 is 17.3 Å². The van der Waals surface area contributed by atoms with Gasteiger partial charge in [0, 0.05) is 23.9 Å². The minimum Gasteiger partial charge on any atom is -0.348 e. The maximum absolute atomic E-state index is 12.6. The Morgan fingerprint density at radius 2 is 1.84 bits per heavy atom. The SMILES string of the molecule is C=CNC1=NC=C/C1=C(/C)c1ccc(CNC(=O)c2ccc(C(C)(C)C)cc2)c(C#N)c1. The van der Waals surface area contributed by atoms with E-state index in [1.165, 1.54) is 5.56 Å². The number of nitrogens with zero attached hydrogens (tertiary/aromatic N) is 2. The largest absolute Gasteiger partial charge is 0.348 e. The van der Waals surface area contributed by atoms with Gasteiger partial charge in [0.2, 0.25) is 0 Å². The number of amides is 1. The summed E-state index contributed by atoms with van der Waals surface area (Å²) < 4.78 is 0. The van der Waals surface area contributed by atoms with Crippen LogP contribution in [-0.2, 0) is 12.0 Å². The van der Waals surface area contributed by atoms with Gasteiger partial charge in [0.15, 0.2) is 0 Å². The van der Waals surface area contributed by atoms with Crippen molar-refractivity contribution in [2.75, 3.05) is 0 Å². The zero-order valence-corrected chi connectivity index (χ0v) is 19.0. The van der Waals surface area contributed by atoms with Crippen LogP contribution < -0.4 is 10.6 Å². The molecule has 0 aliphatic carbocycles. The number of amidine groups is 1. The van der Waals surface area contributed by atoms with E-state index >= 15 is 0 Å². The maximum atomic E-state index is 12.6. The van der Waals surface area contributed by atoms with Gasteiger partial charge in [0.25, 0.3) is 5.91 Å². The summed E-state index contributed by atoms with van der Waals surface area (Å²) in [5.41, 5.74) is 5.99. The molecule has 3 rings (SSSR count). The van der Waals surface area contributed by atoms with Crippen molar-refractivity contribution in [2.45, 2.75) is 39.7 Å². The smallest absolute Gasteiger partial charge is 0.251 e. The van der Waals surface area contributed by atoms with Crippen LogP contribution in [-0.4, -0.2) is 11.7 Å². The van der Waals surface area contributed by atoms with Crippen molar-refractivity contribution in [1.29, 1.82) is 5.26 Å². The van der Waals surface area contributed by atoms with E-state index in [1.807, 2.05) is 55.5 Å². The lowest BCUT2D eigenvalue weighted by Crippen LogP contribution is -2.23. The summed E-state index contributed by atoms with van der Waals surface area (Å²) in [4.78, 5) is 16.9. The van der Waals surface area contributed by atoms with Crippen molar-refractivity contribution in [2.24, 2.45) is 4.99 Å². The number of nitrogens with one attached hydrogen (secondary N) is 2. The first-order chi connectivity index (χ1) is 15.2. The molecule has 0 radical (unpaired) electrons. The van der Waals surface area contributed by atoms with Crippen molar-refractivity contribution in [3.63, 3.8) is 0 Å². The van der Waals surface area contributed by atoms with Crippen LogP contribution in [0, 0.1) is 11.3 Å². The zero-order chi connectivity index (χ0) is 23.3. The van der Waals surface area contributed by atoms with Crippen LogP contribution in [0.2, 0.25) is 0 Å². The van der Waals surface area contributed by atoms with Crippen LogP contribution in [0.1, 0.15) is 60.3 Å². The molecular formula is C27H28N4O. The normalized spacial score (nSPS) is 14.4. The van der Waals surface area contributed by atoms with Crippen LogP contribution >= 0.6 is 0 Å². The van der Waals surface area contributed by atoms with Crippen molar-refractivity contribution in [1.82, 2.24) is 10.6 Å². The van der Waals surface area contributed by atoms with Gasteiger partial charge in [-0.15, -0.1) is 0 Å². The Kier molecular flexibility index (Phi) is 6.75. The lowest BCUT2D eigenvalue weighted by atomic mass is 9.87. The minimum absolute atomic E-state index is 0.0362. The fraction of sp³-hybridized carbons (Fsp3) is 0.222. The summed E-state index contributed by atoms with van der Waals surface area (Å²) in [6.45, 7) is 12.4. The zero-order valence-electron chi connectivity index (χ0n) is 19.0. The molecule has 0 unspecified atom stereocenters. The Hall–Kier alpha value is -3.91. The third kappa shape index (κ3) is 5.04. The number of hydrogen-bond donors (Lipinski definition) is 2. The van der Waals surface area contributed by atoms with Crippen LogP contribution in [0.15, 0.2) is 78.1 Å². The molecule has 2 N–H and O–H groups in total. The first kappa shape index (κ1) is 22.8. The second-order valence-corrected chi connectivity index (χ2v) is 8.67. The molecule has 0 fully saturated rings. The van der Waals surface area contributed by atoms with E-state index in [4.69, 9.17) is 0 Å². The summed E-state index contributed by atoms with van der Waals surface area (Å²) in [6, 6.07) is 15.6. The lowest BCUT2D eigenvalue weighted by molar-refractivity contribution is 0.0951. The highest BCUT2D eigenvalue weighted by molar-refractivity contribution is 6.09. The first-order valence-corrected chi connectivity index (χ1v) is 10.5. The third-order valence-electron chi connectivity index (χ3n) is 5.46. The first-order valence-electron chi connectivity index (χ1n) is 10.5. The number of nitriles is 1. The summed E-state index contributed by atoms with van der Waals surface area (Å²) in [5, 5.41) is 15.6. The van der Waals surface area contributed by atoms with Crippen LogP contribution in [0.25, 0.3) is 5.57 Å². The van der Waals surface area contributed by atoms with Crippen LogP contribution in [0.3, 0.4) is 0 Å². The molecule has 0 spiro atoms. The van der Waals surface area contributed by atoms with E-state index in [-0.39, 0.29) is 17.9 Å². The standard InChI is InChI=1S/C27H28N4O/c1-6-29-25-24(13-14-30-25)18(2)20-7-8-21(22(15-20)16-28)17-31-26(32)19-9-11-23(12-10-19)27(3,4)5/h6-15H,1,17H2,2-5H3,(H,29,30)(H,31,32)/b24-18+. The Morgan fingerprint density at radius 3 is 2.47 bits per heavy atom. The lowest BCUT2D eigenvalue weighted by Gasteiger charge is -2.19. The number of rotatable bonds is 5. The predicted molar refractivity (Wildman–Crippen MR) is 130 cm³/mol. The summed E-state index contributed by atoms with van der Waals surface area (Å²) in [5.74, 6) is 0.564. The van der Waals surface area contributed by atoms with Gasteiger partial charge in [-0.2, -0.15) is 5.26 Å². The van der Waals surface area contributed by atoms with Gasteiger partial charge in [-0.3, -0.25) is 4.79 Å². The number of benzene rings is 2. The molecule has 5 nitrogen and oxygen atoms in total. The second kappa shape index (κ2) is 9.49. The summed E-state index contributed by atoms with van der Waals surface area (Å²) in [6.07, 6.45) is 5.24. The number of hydrogen-bond acceptors (Lipinski definition) is 4. The number of allylic oxidation sites excluding steroid dienone is 1. The molecule has 2 aromatic rings. The molecule has 1 amide bonds. The molecule has 32 heavy (non-hydrogen) atoms. The monoisotopic (exact) mass is 424 g/mol. The van der Waals surface area contributed by atoms with E-state index in [9.17, 15) is 10.1 Å². The van der Waals surface area contributed by atoms with Gasteiger partial charge in [-0.1, -0.05) is 51.6 Å². The van der Waals surface area contributed by atoms with Crippen molar-refractivity contribution < 1.29 is 4.79 Å². The van der Waals surface area contributed by atoms with E-state index < -0.39 is 0 Å². The average Bonchev–Trinajstić information content (AvgIpc) is 3.24. The van der Waals surface area contributed by atoms with Crippen molar-refractivity contribution in [3.05, 3.63) is 101 Å². The summed E-state index contributed by atoms with van der Waals surface area (Å²) >= 11 is 0. The van der Waals surface area contributed by atoms with Crippen molar-refractivity contribution in [3.8, 4) is 6.07 Å². The Labute approximate surface area is 189 Å². The molecule has 5 heteroatoms. The molecule has 1 heterocycles. The molecule has 0 aromatic heterocycles. The van der Waals surface area contributed by atoms with Gasteiger partial charge in [-0.05, 0) is 65.1 Å². The van der Waals surface area contributed by atoms with Crippen LogP contribution in [0.4, 0.5) is 0 Å². The third-order valence-corrected chi connectivity index (χ3v) is 5.46. The highest BCUT2D eigenvalue weighted by atomic mass is 16.1. The Bertz CT molecular complexity index is 1170. The highest BCUT2D eigenvalue weighted by Gasteiger charge is 2.16. The molecule has 0 bridgehead atoms. The molecule has 162 valence electrons. The van der Waals surface area contributed by atoms with Gasteiger partial charge < -0.3 is 10.6 Å². The highest BCUT2D eigenvalue weighted by Crippen LogP contribution is 2.25. The average molecular weight is 425 g/mol. The topological polar surface area (TPSA) is 77.3 Å². The fourth-order valence-electron chi connectivity index (χ4n) is 3.47. The quantitative estimate of drug-likeness (QED) is 0.691. The van der Waals surface area contributed by atoms with E-state index in [1.54, 1.807) is 12.4 Å². The van der Waals surface area contributed by atoms with Gasteiger partial charge >= 0.3 is 0 Å². The molecule has 2 aromatic carbocycles. The number of carbonyl (C=O) groups excluding carboxylic acids is 1. The molecule has 0 saturated heterocycles. The van der Waals surface area contributed by atoms with Gasteiger partial charge in [-0.25, -0.2) is 4.99 Å². The number of carbonyl (C=O) groups is 1. The Morgan fingerprint density at radius 1 is 1.16 bits per heavy atom. The number of aliphatic imine (C=N–C) groups is 1. The minimum atomic E-state index is -0.163. The van der Waals surface area contributed by atoms with E-state index in [2.05, 4.69) is 49.0 Å². The molecular weight excluding hydrogens is 396 g/mol. The molecule has 1 aliphatic rings. The Balaban J connectivity index is 1.75. The predicted octanol–water partition coefficient (Wildman–Crippen LogP) is 5.22. The molecule has 1 aliphatic heterocycles. The maximum Gasteiger partial charge on any atom is 0.251 e. The van der Waals surface area contributed by atoms with Crippen LogP contribution in [0.5, 0.6) is 0 Å².